The summed E-state index contributed by atoms with van der Waals surface area (Å²) in [5.41, 5.74) is 8.66. The molecule has 2 aromatic rings. The summed E-state index contributed by atoms with van der Waals surface area (Å²) in [6.45, 7) is 4.11. The topological polar surface area (TPSA) is 66.6 Å². The smallest absolute Gasteiger partial charge is 0.254 e. The normalized spacial score (nSPS) is 14.8. The second kappa shape index (κ2) is 6.42. The van der Waals surface area contributed by atoms with Crippen molar-refractivity contribution < 1.29 is 9.59 Å². The number of benzene rings is 1. The van der Waals surface area contributed by atoms with Crippen LogP contribution in [0.1, 0.15) is 26.3 Å². The second-order valence-corrected chi connectivity index (χ2v) is 6.45. The van der Waals surface area contributed by atoms with Crippen LogP contribution in [-0.2, 0) is 0 Å². The first-order valence-electron chi connectivity index (χ1n) is 7.53. The van der Waals surface area contributed by atoms with Gasteiger partial charge in [0.25, 0.3) is 11.8 Å². The molecular formula is C17H19N3O2S. The van der Waals surface area contributed by atoms with E-state index < -0.39 is 0 Å². The van der Waals surface area contributed by atoms with E-state index in [0.717, 1.165) is 11.1 Å². The Morgan fingerprint density at radius 2 is 1.70 bits per heavy atom. The summed E-state index contributed by atoms with van der Waals surface area (Å²) < 4.78 is 0. The highest BCUT2D eigenvalue weighted by atomic mass is 32.1. The van der Waals surface area contributed by atoms with Crippen molar-refractivity contribution in [2.75, 3.05) is 31.9 Å². The molecule has 2 N–H and O–H groups in total. The van der Waals surface area contributed by atoms with Gasteiger partial charge in [0.15, 0.2) is 0 Å². The molecule has 0 radical (unpaired) electrons. The Balaban J connectivity index is 1.66. The summed E-state index contributed by atoms with van der Waals surface area (Å²) >= 11 is 1.51. The molecule has 1 fully saturated rings. The number of nitrogens with two attached hydrogens (primary N) is 1. The largest absolute Gasteiger partial charge is 0.399 e. The maximum absolute atomic E-state index is 12.6. The Labute approximate surface area is 139 Å². The third kappa shape index (κ3) is 3.22. The van der Waals surface area contributed by atoms with Gasteiger partial charge in [0, 0.05) is 42.8 Å². The lowest BCUT2D eigenvalue weighted by atomic mass is 10.1. The molecule has 1 aliphatic rings. The number of carbonyl (C=O) groups is 2. The first kappa shape index (κ1) is 15.6. The van der Waals surface area contributed by atoms with E-state index in [1.165, 1.54) is 11.3 Å². The van der Waals surface area contributed by atoms with Crippen LogP contribution in [0, 0.1) is 6.92 Å². The standard InChI is InChI=1S/C17H19N3O2S/c1-12-2-3-14(18)10-15(12)17(22)20-7-5-19(6-8-20)16(21)13-4-9-23-11-13/h2-4,9-11H,5-8,18H2,1H3. The maximum Gasteiger partial charge on any atom is 0.254 e. The summed E-state index contributed by atoms with van der Waals surface area (Å²) in [5, 5.41) is 3.76. The van der Waals surface area contributed by atoms with E-state index in [9.17, 15) is 9.59 Å². The van der Waals surface area contributed by atoms with Gasteiger partial charge in [0.05, 0.1) is 5.56 Å². The number of hydrogen-bond donors (Lipinski definition) is 1. The lowest BCUT2D eigenvalue weighted by Crippen LogP contribution is -2.50. The second-order valence-electron chi connectivity index (χ2n) is 5.67. The molecule has 2 amide bonds. The molecule has 0 unspecified atom stereocenters. The average Bonchev–Trinajstić information content (AvgIpc) is 3.10. The van der Waals surface area contributed by atoms with Gasteiger partial charge in [-0.1, -0.05) is 6.07 Å². The Kier molecular flexibility index (Phi) is 4.34. The van der Waals surface area contributed by atoms with E-state index in [0.29, 0.717) is 37.4 Å². The van der Waals surface area contributed by atoms with Gasteiger partial charge in [-0.15, -0.1) is 0 Å². The molecule has 0 atom stereocenters. The van der Waals surface area contributed by atoms with Gasteiger partial charge in [-0.3, -0.25) is 9.59 Å². The Morgan fingerprint density at radius 3 is 2.30 bits per heavy atom. The Morgan fingerprint density at radius 1 is 1.04 bits per heavy atom. The van der Waals surface area contributed by atoms with Crippen molar-refractivity contribution in [3.8, 4) is 0 Å². The van der Waals surface area contributed by atoms with Crippen LogP contribution in [0.15, 0.2) is 35.0 Å². The van der Waals surface area contributed by atoms with Crippen molar-refractivity contribution in [1.29, 1.82) is 0 Å². The van der Waals surface area contributed by atoms with Gasteiger partial charge >= 0.3 is 0 Å². The van der Waals surface area contributed by atoms with Crippen LogP contribution >= 0.6 is 11.3 Å². The molecule has 1 aliphatic heterocycles. The van der Waals surface area contributed by atoms with E-state index in [-0.39, 0.29) is 11.8 Å². The van der Waals surface area contributed by atoms with Crippen LogP contribution in [0.3, 0.4) is 0 Å². The van der Waals surface area contributed by atoms with Crippen LogP contribution in [0.2, 0.25) is 0 Å². The van der Waals surface area contributed by atoms with E-state index in [2.05, 4.69) is 0 Å². The molecule has 0 aliphatic carbocycles. The minimum absolute atomic E-state index is 0.0163. The predicted molar refractivity (Wildman–Crippen MR) is 91.7 cm³/mol. The number of thiophene rings is 1. The Hall–Kier alpha value is -2.34. The molecule has 1 saturated heterocycles. The van der Waals surface area contributed by atoms with Gasteiger partial charge in [-0.2, -0.15) is 11.3 Å². The molecule has 5 nitrogen and oxygen atoms in total. The summed E-state index contributed by atoms with van der Waals surface area (Å²) in [6, 6.07) is 7.21. The van der Waals surface area contributed by atoms with E-state index >= 15 is 0 Å². The number of carbonyl (C=O) groups excluding carboxylic acids is 2. The number of anilines is 1. The summed E-state index contributed by atoms with van der Waals surface area (Å²) in [4.78, 5) is 28.6. The highest BCUT2D eigenvalue weighted by molar-refractivity contribution is 7.08. The molecule has 120 valence electrons. The first-order valence-corrected chi connectivity index (χ1v) is 8.47. The number of piperazine rings is 1. The summed E-state index contributed by atoms with van der Waals surface area (Å²) in [7, 11) is 0. The van der Waals surface area contributed by atoms with Crippen molar-refractivity contribution in [3.63, 3.8) is 0 Å². The summed E-state index contributed by atoms with van der Waals surface area (Å²) in [5.74, 6) is 0.0240. The fourth-order valence-electron chi connectivity index (χ4n) is 2.72. The number of nitrogens with zero attached hydrogens (tertiary/aromatic N) is 2. The van der Waals surface area contributed by atoms with Crippen molar-refractivity contribution >= 4 is 28.8 Å². The molecule has 0 saturated carbocycles. The minimum atomic E-state index is -0.0163. The van der Waals surface area contributed by atoms with Gasteiger partial charge < -0.3 is 15.5 Å². The molecule has 6 heteroatoms. The fourth-order valence-corrected chi connectivity index (χ4v) is 3.35. The lowest BCUT2D eigenvalue weighted by molar-refractivity contribution is 0.0535. The lowest BCUT2D eigenvalue weighted by Gasteiger charge is -2.35. The SMILES string of the molecule is Cc1ccc(N)cc1C(=O)N1CCN(C(=O)c2ccsc2)CC1. The third-order valence-electron chi connectivity index (χ3n) is 4.11. The highest BCUT2D eigenvalue weighted by Gasteiger charge is 2.26. The zero-order valence-corrected chi connectivity index (χ0v) is 13.8. The van der Waals surface area contributed by atoms with Crippen molar-refractivity contribution in [1.82, 2.24) is 9.80 Å². The van der Waals surface area contributed by atoms with Crippen LogP contribution in [0.4, 0.5) is 5.69 Å². The van der Waals surface area contributed by atoms with Gasteiger partial charge in [0.2, 0.25) is 0 Å². The monoisotopic (exact) mass is 329 g/mol. The molecule has 0 bridgehead atoms. The summed E-state index contributed by atoms with van der Waals surface area (Å²) in [6.07, 6.45) is 0. The minimum Gasteiger partial charge on any atom is -0.399 e. The molecule has 23 heavy (non-hydrogen) atoms. The molecule has 2 heterocycles. The van der Waals surface area contributed by atoms with E-state index in [1.807, 2.05) is 29.8 Å². The zero-order chi connectivity index (χ0) is 16.4. The first-order chi connectivity index (χ1) is 11.1. The van der Waals surface area contributed by atoms with Gasteiger partial charge in [0.1, 0.15) is 0 Å². The number of amides is 2. The van der Waals surface area contributed by atoms with Crippen LogP contribution in [-0.4, -0.2) is 47.8 Å². The van der Waals surface area contributed by atoms with E-state index in [4.69, 9.17) is 5.73 Å². The van der Waals surface area contributed by atoms with Gasteiger partial charge in [-0.05, 0) is 36.1 Å². The molecule has 1 aromatic heterocycles. The van der Waals surface area contributed by atoms with Crippen LogP contribution < -0.4 is 5.73 Å². The van der Waals surface area contributed by atoms with Crippen LogP contribution in [0.25, 0.3) is 0 Å². The third-order valence-corrected chi connectivity index (χ3v) is 4.80. The predicted octanol–water partition coefficient (Wildman–Crippen LogP) is 2.24. The number of hydrogen-bond acceptors (Lipinski definition) is 4. The number of nitrogen functional groups attached to an aromatic ring is 1. The quantitative estimate of drug-likeness (QED) is 0.859. The molecule has 3 rings (SSSR count). The Bertz CT molecular complexity index is 719. The number of aryl methyl sites for hydroxylation is 1. The van der Waals surface area contributed by atoms with Crippen molar-refractivity contribution in [2.45, 2.75) is 6.92 Å². The molecule has 0 spiro atoms. The number of rotatable bonds is 2. The molecular weight excluding hydrogens is 310 g/mol. The zero-order valence-electron chi connectivity index (χ0n) is 13.0. The van der Waals surface area contributed by atoms with Crippen molar-refractivity contribution in [3.05, 3.63) is 51.7 Å². The maximum atomic E-state index is 12.6. The molecule has 1 aromatic carbocycles. The van der Waals surface area contributed by atoms with Crippen molar-refractivity contribution in [2.24, 2.45) is 0 Å². The van der Waals surface area contributed by atoms with Crippen LogP contribution in [0.5, 0.6) is 0 Å². The van der Waals surface area contributed by atoms with E-state index in [1.54, 1.807) is 21.9 Å². The highest BCUT2D eigenvalue weighted by Crippen LogP contribution is 2.17. The average molecular weight is 329 g/mol. The van der Waals surface area contributed by atoms with Gasteiger partial charge in [-0.25, -0.2) is 0 Å². The fraction of sp³-hybridized carbons (Fsp3) is 0.294.